The molecule has 12 heteroatoms. The van der Waals surface area contributed by atoms with Gasteiger partial charge in [-0.1, -0.05) is 23.1 Å². The minimum Gasteiger partial charge on any atom is -0.383 e. The Morgan fingerprint density at radius 2 is 2.00 bits per heavy atom. The SMILES string of the molecule is COCCNC(=O)CSc1nnc(N2CCN(C(=O)c3ccc(F)cc3F)CC2)s1. The highest BCUT2D eigenvalue weighted by Crippen LogP contribution is 2.28. The van der Waals surface area contributed by atoms with E-state index in [4.69, 9.17) is 4.74 Å². The molecule has 1 aliphatic heterocycles. The maximum atomic E-state index is 13.9. The van der Waals surface area contributed by atoms with Crippen LogP contribution in [0.2, 0.25) is 0 Å². The highest BCUT2D eigenvalue weighted by molar-refractivity contribution is 8.01. The van der Waals surface area contributed by atoms with E-state index >= 15 is 0 Å². The van der Waals surface area contributed by atoms with Gasteiger partial charge in [0.15, 0.2) is 4.34 Å². The number of benzene rings is 1. The summed E-state index contributed by atoms with van der Waals surface area (Å²) in [6.45, 7) is 2.74. The van der Waals surface area contributed by atoms with Crippen molar-refractivity contribution in [3.63, 3.8) is 0 Å². The van der Waals surface area contributed by atoms with Crippen LogP contribution in [-0.4, -0.2) is 79.1 Å². The summed E-state index contributed by atoms with van der Waals surface area (Å²) in [6, 6.07) is 2.95. The molecule has 8 nitrogen and oxygen atoms in total. The fourth-order valence-corrected chi connectivity index (χ4v) is 4.52. The predicted molar refractivity (Wildman–Crippen MR) is 110 cm³/mol. The second-order valence-corrected chi connectivity index (χ2v) is 8.56. The number of aromatic nitrogens is 2. The summed E-state index contributed by atoms with van der Waals surface area (Å²) in [7, 11) is 1.57. The third kappa shape index (κ3) is 5.86. The number of carbonyl (C=O) groups excluding carboxylic acids is 2. The minimum absolute atomic E-state index is 0.103. The Bertz CT molecular complexity index is 890. The molecule has 30 heavy (non-hydrogen) atoms. The van der Waals surface area contributed by atoms with Crippen molar-refractivity contribution in [2.45, 2.75) is 4.34 Å². The van der Waals surface area contributed by atoms with Gasteiger partial charge in [0.1, 0.15) is 11.6 Å². The molecule has 2 aromatic rings. The highest BCUT2D eigenvalue weighted by atomic mass is 32.2. The van der Waals surface area contributed by atoms with Gasteiger partial charge in [-0.2, -0.15) is 0 Å². The van der Waals surface area contributed by atoms with Crippen LogP contribution in [-0.2, 0) is 9.53 Å². The molecule has 1 aromatic heterocycles. The van der Waals surface area contributed by atoms with Crippen LogP contribution < -0.4 is 10.2 Å². The first-order chi connectivity index (χ1) is 14.5. The summed E-state index contributed by atoms with van der Waals surface area (Å²) in [5.41, 5.74) is -0.136. The van der Waals surface area contributed by atoms with Crippen LogP contribution >= 0.6 is 23.1 Å². The van der Waals surface area contributed by atoms with Crippen LogP contribution in [0, 0.1) is 11.6 Å². The van der Waals surface area contributed by atoms with E-state index in [1.165, 1.54) is 34.1 Å². The molecule has 0 atom stereocenters. The van der Waals surface area contributed by atoms with E-state index in [-0.39, 0.29) is 17.2 Å². The maximum Gasteiger partial charge on any atom is 0.256 e. The summed E-state index contributed by atoms with van der Waals surface area (Å²) >= 11 is 2.68. The number of methoxy groups -OCH3 is 1. The van der Waals surface area contributed by atoms with Gasteiger partial charge in [0, 0.05) is 45.9 Å². The van der Waals surface area contributed by atoms with Crippen LogP contribution in [0.3, 0.4) is 0 Å². The number of amides is 2. The number of piperazine rings is 1. The Balaban J connectivity index is 1.48. The van der Waals surface area contributed by atoms with E-state index in [2.05, 4.69) is 15.5 Å². The molecule has 1 aromatic carbocycles. The smallest absolute Gasteiger partial charge is 0.256 e. The molecule has 0 spiro atoms. The number of hydrogen-bond donors (Lipinski definition) is 1. The Hall–Kier alpha value is -2.31. The number of halogens is 2. The number of hydrogen-bond acceptors (Lipinski definition) is 8. The number of anilines is 1. The van der Waals surface area contributed by atoms with Crippen LogP contribution in [0.1, 0.15) is 10.4 Å². The van der Waals surface area contributed by atoms with E-state index in [1.807, 2.05) is 4.90 Å². The predicted octanol–water partition coefficient (Wildman–Crippen LogP) is 1.63. The van der Waals surface area contributed by atoms with Crippen molar-refractivity contribution in [3.05, 3.63) is 35.4 Å². The molecule has 1 aliphatic rings. The Labute approximate surface area is 180 Å². The quantitative estimate of drug-likeness (QED) is 0.476. The Morgan fingerprint density at radius 1 is 1.23 bits per heavy atom. The summed E-state index contributed by atoms with van der Waals surface area (Å²) in [4.78, 5) is 27.8. The van der Waals surface area contributed by atoms with E-state index in [0.717, 1.165) is 6.07 Å². The van der Waals surface area contributed by atoms with Crippen molar-refractivity contribution in [2.24, 2.45) is 0 Å². The summed E-state index contributed by atoms with van der Waals surface area (Å²) < 4.78 is 32.5. The first kappa shape index (κ1) is 22.4. The first-order valence-corrected chi connectivity index (χ1v) is 11.0. The lowest BCUT2D eigenvalue weighted by Crippen LogP contribution is -2.49. The van der Waals surface area contributed by atoms with Crippen molar-refractivity contribution in [2.75, 3.05) is 57.1 Å². The largest absolute Gasteiger partial charge is 0.383 e. The molecule has 0 bridgehead atoms. The molecule has 0 saturated carbocycles. The molecule has 0 radical (unpaired) electrons. The van der Waals surface area contributed by atoms with Gasteiger partial charge in [0.2, 0.25) is 11.0 Å². The van der Waals surface area contributed by atoms with Gasteiger partial charge < -0.3 is 19.9 Å². The number of nitrogens with zero attached hydrogens (tertiary/aromatic N) is 4. The average molecular weight is 458 g/mol. The summed E-state index contributed by atoms with van der Waals surface area (Å²) in [6.07, 6.45) is 0. The number of nitrogens with one attached hydrogen (secondary N) is 1. The van der Waals surface area contributed by atoms with Crippen molar-refractivity contribution in [1.82, 2.24) is 20.4 Å². The Kier molecular flexibility index (Phi) is 7.94. The molecule has 1 fully saturated rings. The van der Waals surface area contributed by atoms with Crippen LogP contribution in [0.4, 0.5) is 13.9 Å². The summed E-state index contributed by atoms with van der Waals surface area (Å²) in [5.74, 6) is -1.90. The normalized spacial score (nSPS) is 14.1. The number of carbonyl (C=O) groups is 2. The second-order valence-electron chi connectivity index (χ2n) is 6.39. The van der Waals surface area contributed by atoms with Crippen molar-refractivity contribution in [3.8, 4) is 0 Å². The van der Waals surface area contributed by atoms with Crippen molar-refractivity contribution >= 4 is 40.0 Å². The topological polar surface area (TPSA) is 87.7 Å². The lowest BCUT2D eigenvalue weighted by atomic mass is 10.1. The number of thioether (sulfide) groups is 1. The number of rotatable bonds is 8. The van der Waals surface area contributed by atoms with Crippen molar-refractivity contribution < 1.29 is 23.1 Å². The molecular weight excluding hydrogens is 436 g/mol. The average Bonchev–Trinajstić information content (AvgIpc) is 3.21. The number of ether oxygens (including phenoxy) is 1. The van der Waals surface area contributed by atoms with Gasteiger partial charge >= 0.3 is 0 Å². The first-order valence-electron chi connectivity index (χ1n) is 9.19. The monoisotopic (exact) mass is 457 g/mol. The minimum atomic E-state index is -0.862. The zero-order chi connectivity index (χ0) is 21.5. The van der Waals surface area contributed by atoms with E-state index in [0.29, 0.717) is 54.9 Å². The van der Waals surface area contributed by atoms with Crippen molar-refractivity contribution in [1.29, 1.82) is 0 Å². The van der Waals surface area contributed by atoms with E-state index in [9.17, 15) is 18.4 Å². The lowest BCUT2D eigenvalue weighted by Gasteiger charge is -2.34. The van der Waals surface area contributed by atoms with Gasteiger partial charge in [0.05, 0.1) is 17.9 Å². The zero-order valence-corrected chi connectivity index (χ0v) is 17.9. The van der Waals surface area contributed by atoms with Crippen LogP contribution in [0.5, 0.6) is 0 Å². The third-order valence-corrected chi connectivity index (χ3v) is 6.47. The standard InChI is InChI=1S/C18H21F2N5O3S2/c1-28-9-4-21-15(26)11-29-18-23-22-17(30-18)25-7-5-24(6-8-25)16(27)13-3-2-12(19)10-14(13)20/h2-3,10H,4-9,11H2,1H3,(H,21,26). The van der Waals surface area contributed by atoms with Gasteiger partial charge in [-0.05, 0) is 12.1 Å². The molecule has 1 saturated heterocycles. The van der Waals surface area contributed by atoms with Crippen LogP contribution in [0.15, 0.2) is 22.5 Å². The van der Waals surface area contributed by atoms with E-state index in [1.54, 1.807) is 7.11 Å². The van der Waals surface area contributed by atoms with Gasteiger partial charge in [-0.15, -0.1) is 10.2 Å². The van der Waals surface area contributed by atoms with E-state index < -0.39 is 17.5 Å². The van der Waals surface area contributed by atoms with Crippen LogP contribution in [0.25, 0.3) is 0 Å². The highest BCUT2D eigenvalue weighted by Gasteiger charge is 2.26. The molecule has 2 amide bonds. The molecule has 1 N–H and O–H groups in total. The molecule has 3 rings (SSSR count). The molecule has 0 unspecified atom stereocenters. The zero-order valence-electron chi connectivity index (χ0n) is 16.3. The molecule has 2 heterocycles. The van der Waals surface area contributed by atoms with Gasteiger partial charge in [0.25, 0.3) is 5.91 Å². The molecular formula is C18H21F2N5O3S2. The fraction of sp³-hybridized carbons (Fsp3) is 0.444. The van der Waals surface area contributed by atoms with Gasteiger partial charge in [-0.3, -0.25) is 9.59 Å². The molecule has 162 valence electrons. The fourth-order valence-electron chi connectivity index (χ4n) is 2.79. The maximum absolute atomic E-state index is 13.9. The Morgan fingerprint density at radius 3 is 2.70 bits per heavy atom. The molecule has 0 aliphatic carbocycles. The third-order valence-electron chi connectivity index (χ3n) is 4.35. The second kappa shape index (κ2) is 10.6. The van der Waals surface area contributed by atoms with Gasteiger partial charge in [-0.25, -0.2) is 8.78 Å². The lowest BCUT2D eigenvalue weighted by molar-refractivity contribution is -0.118. The summed E-state index contributed by atoms with van der Waals surface area (Å²) in [5, 5.41) is 11.7.